The predicted molar refractivity (Wildman–Crippen MR) is 107 cm³/mol. The number of hydrogen-bond acceptors (Lipinski definition) is 5. The van der Waals surface area contributed by atoms with Crippen LogP contribution in [0.1, 0.15) is 51.9 Å². The van der Waals surface area contributed by atoms with Crippen molar-refractivity contribution in [3.63, 3.8) is 0 Å². The lowest BCUT2D eigenvalue weighted by atomic mass is 9.83. The maximum atomic E-state index is 12.8. The van der Waals surface area contributed by atoms with Crippen molar-refractivity contribution in [3.8, 4) is 0 Å². The highest BCUT2D eigenvalue weighted by Gasteiger charge is 2.38. The van der Waals surface area contributed by atoms with Gasteiger partial charge in [0.05, 0.1) is 5.25 Å². The molecule has 138 valence electrons. The van der Waals surface area contributed by atoms with Crippen molar-refractivity contribution < 1.29 is 4.79 Å². The van der Waals surface area contributed by atoms with Crippen LogP contribution in [-0.2, 0) is 10.2 Å². The van der Waals surface area contributed by atoms with Gasteiger partial charge in [-0.1, -0.05) is 57.7 Å². The molecular formula is C20H26N4OS. The Balaban J connectivity index is 1.79. The molecule has 1 aliphatic heterocycles. The molecule has 1 aromatic heterocycles. The van der Waals surface area contributed by atoms with Crippen LogP contribution in [0.25, 0.3) is 0 Å². The van der Waals surface area contributed by atoms with Gasteiger partial charge in [-0.25, -0.2) is 4.98 Å². The number of ketones is 1. The lowest BCUT2D eigenvalue weighted by Crippen LogP contribution is -2.25. The van der Waals surface area contributed by atoms with Crippen molar-refractivity contribution in [1.29, 1.82) is 0 Å². The third-order valence-corrected chi connectivity index (χ3v) is 5.91. The predicted octanol–water partition coefficient (Wildman–Crippen LogP) is 4.29. The number of hydrogen-bond donors (Lipinski definition) is 1. The molecule has 3 rings (SSSR count). The first-order valence-corrected chi connectivity index (χ1v) is 9.78. The molecule has 1 unspecified atom stereocenters. The second-order valence-corrected chi connectivity index (χ2v) is 8.86. The lowest BCUT2D eigenvalue weighted by Gasteiger charge is -2.24. The monoisotopic (exact) mass is 370 g/mol. The summed E-state index contributed by atoms with van der Waals surface area (Å²) in [5.41, 5.74) is 3.24. The minimum absolute atomic E-state index is 0.0774. The van der Waals surface area contributed by atoms with E-state index in [0.717, 1.165) is 17.2 Å². The summed E-state index contributed by atoms with van der Waals surface area (Å²) in [4.78, 5) is 19.4. The molecule has 0 radical (unpaired) electrons. The summed E-state index contributed by atoms with van der Waals surface area (Å²) < 4.78 is 0. The first-order valence-electron chi connectivity index (χ1n) is 8.90. The van der Waals surface area contributed by atoms with E-state index in [1.807, 2.05) is 26.1 Å². The van der Waals surface area contributed by atoms with Gasteiger partial charge in [-0.2, -0.15) is 0 Å². The average Bonchev–Trinajstić information content (AvgIpc) is 3.13. The third-order valence-electron chi connectivity index (χ3n) is 4.93. The van der Waals surface area contributed by atoms with E-state index in [0.29, 0.717) is 5.16 Å². The molecule has 5 nitrogen and oxygen atoms in total. The van der Waals surface area contributed by atoms with Gasteiger partial charge in [0.1, 0.15) is 5.82 Å². The van der Waals surface area contributed by atoms with Crippen LogP contribution in [0.2, 0.25) is 0 Å². The van der Waals surface area contributed by atoms with Crippen LogP contribution in [0.3, 0.4) is 0 Å². The molecule has 1 atom stereocenters. The van der Waals surface area contributed by atoms with Gasteiger partial charge in [0.2, 0.25) is 5.16 Å². The molecule has 0 saturated carbocycles. The number of benzene rings is 1. The Labute approximate surface area is 159 Å². The zero-order chi connectivity index (χ0) is 19.1. The van der Waals surface area contributed by atoms with Gasteiger partial charge >= 0.3 is 0 Å². The van der Waals surface area contributed by atoms with Gasteiger partial charge in [0.15, 0.2) is 5.78 Å². The SMILES string of the molecule is CC(Sc1n[nH]c(C(C)C)n1)C(=O)/C=C1/N(C)c2ccccc2C1(C)C. The number of para-hydroxylation sites is 1. The van der Waals surface area contributed by atoms with Crippen LogP contribution in [0.15, 0.2) is 41.2 Å². The standard InChI is InChI=1S/C20H26N4OS/c1-12(2)18-21-19(23-22-18)26-13(3)16(25)11-17-20(4,5)14-9-7-8-10-15(14)24(17)6/h7-13H,1-6H3,(H,21,22,23)/b17-11+. The highest BCUT2D eigenvalue weighted by Crippen LogP contribution is 2.46. The number of aromatic nitrogens is 3. The number of likely N-dealkylation sites (N-methyl/N-ethyl adjacent to an activating group) is 1. The van der Waals surface area contributed by atoms with Crippen LogP contribution in [-0.4, -0.2) is 33.3 Å². The number of aromatic amines is 1. The smallest absolute Gasteiger partial charge is 0.209 e. The molecule has 6 heteroatoms. The van der Waals surface area contributed by atoms with Gasteiger partial charge in [-0.15, -0.1) is 5.10 Å². The number of fused-ring (bicyclic) bond motifs is 1. The molecule has 26 heavy (non-hydrogen) atoms. The Morgan fingerprint density at radius 1 is 1.27 bits per heavy atom. The topological polar surface area (TPSA) is 61.9 Å². The van der Waals surface area contributed by atoms with E-state index in [1.165, 1.54) is 17.3 Å². The van der Waals surface area contributed by atoms with E-state index in [4.69, 9.17) is 0 Å². The van der Waals surface area contributed by atoms with Gasteiger partial charge < -0.3 is 4.90 Å². The molecule has 0 amide bonds. The minimum Gasteiger partial charge on any atom is -0.347 e. The van der Waals surface area contributed by atoms with E-state index in [2.05, 4.69) is 59.9 Å². The largest absolute Gasteiger partial charge is 0.347 e. The summed E-state index contributed by atoms with van der Waals surface area (Å²) in [5, 5.41) is 7.53. The minimum atomic E-state index is -0.244. The Kier molecular flexibility index (Phi) is 4.97. The number of nitrogens with one attached hydrogen (secondary N) is 1. The number of anilines is 1. The lowest BCUT2D eigenvalue weighted by molar-refractivity contribution is -0.114. The van der Waals surface area contributed by atoms with E-state index < -0.39 is 0 Å². The summed E-state index contributed by atoms with van der Waals surface area (Å²) in [7, 11) is 2.02. The molecule has 1 aromatic carbocycles. The van der Waals surface area contributed by atoms with Gasteiger partial charge in [-0.3, -0.25) is 9.89 Å². The summed E-state index contributed by atoms with van der Waals surface area (Å²) in [6.07, 6.45) is 1.79. The molecule has 2 aromatic rings. The molecule has 1 aliphatic rings. The molecule has 0 aliphatic carbocycles. The highest BCUT2D eigenvalue weighted by molar-refractivity contribution is 8.00. The first-order chi connectivity index (χ1) is 12.2. The number of H-pyrrole nitrogens is 1. The van der Waals surface area contributed by atoms with Crippen LogP contribution in [0, 0.1) is 0 Å². The number of carbonyl (C=O) groups is 1. The van der Waals surface area contributed by atoms with Gasteiger partial charge in [0.25, 0.3) is 0 Å². The van der Waals surface area contributed by atoms with E-state index >= 15 is 0 Å². The van der Waals surface area contributed by atoms with Crippen molar-refractivity contribution in [3.05, 3.63) is 47.4 Å². The third kappa shape index (κ3) is 3.30. The first kappa shape index (κ1) is 18.7. The quantitative estimate of drug-likeness (QED) is 0.628. The van der Waals surface area contributed by atoms with E-state index in [-0.39, 0.29) is 22.4 Å². The Morgan fingerprint density at radius 3 is 2.58 bits per heavy atom. The van der Waals surface area contributed by atoms with Crippen LogP contribution >= 0.6 is 11.8 Å². The summed E-state index contributed by atoms with van der Waals surface area (Å²) in [6.45, 7) is 10.4. The number of nitrogens with zero attached hydrogens (tertiary/aromatic N) is 3. The fourth-order valence-corrected chi connectivity index (χ4v) is 4.05. The second kappa shape index (κ2) is 6.91. The number of thioether (sulfide) groups is 1. The summed E-state index contributed by atoms with van der Waals surface area (Å²) >= 11 is 1.39. The molecule has 2 heterocycles. The van der Waals surface area contributed by atoms with Gasteiger partial charge in [-0.05, 0) is 18.6 Å². The van der Waals surface area contributed by atoms with E-state index in [1.54, 1.807) is 6.08 Å². The maximum absolute atomic E-state index is 12.8. The van der Waals surface area contributed by atoms with Crippen molar-refractivity contribution in [2.75, 3.05) is 11.9 Å². The molecule has 0 saturated heterocycles. The molecule has 1 N–H and O–H groups in total. The zero-order valence-corrected chi connectivity index (χ0v) is 17.0. The van der Waals surface area contributed by atoms with Crippen molar-refractivity contribution in [2.45, 2.75) is 56.4 Å². The summed E-state index contributed by atoms with van der Waals surface area (Å²) in [6, 6.07) is 8.31. The van der Waals surface area contributed by atoms with Crippen molar-refractivity contribution in [1.82, 2.24) is 15.2 Å². The Bertz CT molecular complexity index is 853. The number of carbonyl (C=O) groups excluding carboxylic acids is 1. The van der Waals surface area contributed by atoms with Crippen LogP contribution in [0.4, 0.5) is 5.69 Å². The fourth-order valence-electron chi connectivity index (χ4n) is 3.30. The van der Waals surface area contributed by atoms with Gasteiger partial charge in [0, 0.05) is 35.8 Å². The van der Waals surface area contributed by atoms with Crippen molar-refractivity contribution in [2.24, 2.45) is 0 Å². The second-order valence-electron chi connectivity index (χ2n) is 7.55. The Morgan fingerprint density at radius 2 is 1.96 bits per heavy atom. The van der Waals surface area contributed by atoms with Crippen molar-refractivity contribution >= 4 is 23.2 Å². The van der Waals surface area contributed by atoms with Crippen LogP contribution < -0.4 is 4.90 Å². The number of rotatable bonds is 5. The average molecular weight is 371 g/mol. The number of allylic oxidation sites excluding steroid dienone is 2. The molecule has 0 fully saturated rings. The molecular weight excluding hydrogens is 344 g/mol. The zero-order valence-electron chi connectivity index (χ0n) is 16.2. The summed E-state index contributed by atoms with van der Waals surface area (Å²) in [5.74, 6) is 1.21. The Hall–Kier alpha value is -2.08. The van der Waals surface area contributed by atoms with E-state index in [9.17, 15) is 4.79 Å². The maximum Gasteiger partial charge on any atom is 0.209 e. The normalized spacial score (nSPS) is 18.4. The highest BCUT2D eigenvalue weighted by atomic mass is 32.2. The molecule has 0 spiro atoms. The van der Waals surface area contributed by atoms with Crippen LogP contribution in [0.5, 0.6) is 0 Å². The molecule has 0 bridgehead atoms. The fraction of sp³-hybridized carbons (Fsp3) is 0.450.